The topological polar surface area (TPSA) is 29.3 Å². The summed E-state index contributed by atoms with van der Waals surface area (Å²) in [7, 11) is 4.00. The zero-order valence-electron chi connectivity index (χ0n) is 10.7. The molecule has 4 heteroatoms. The summed E-state index contributed by atoms with van der Waals surface area (Å²) in [6, 6.07) is 6.14. The molecular formula is C13H22Cl2N2. The van der Waals surface area contributed by atoms with E-state index in [4.69, 9.17) is 17.3 Å². The number of anilines is 1. The van der Waals surface area contributed by atoms with Crippen LogP contribution >= 0.6 is 24.0 Å². The molecule has 0 radical (unpaired) electrons. The molecule has 0 aliphatic heterocycles. The molecule has 0 heterocycles. The predicted octanol–water partition coefficient (Wildman–Crippen LogP) is 4.02. The van der Waals surface area contributed by atoms with Gasteiger partial charge in [0.1, 0.15) is 0 Å². The van der Waals surface area contributed by atoms with E-state index in [-0.39, 0.29) is 18.4 Å². The largest absolute Gasteiger partial charge is 0.378 e. The number of rotatable bonds is 5. The molecule has 0 unspecified atom stereocenters. The van der Waals surface area contributed by atoms with Crippen molar-refractivity contribution in [1.82, 2.24) is 0 Å². The summed E-state index contributed by atoms with van der Waals surface area (Å²) in [5.41, 5.74) is 8.27. The van der Waals surface area contributed by atoms with Gasteiger partial charge >= 0.3 is 0 Å². The molecule has 0 aliphatic rings. The molecule has 1 rings (SSSR count). The Kier molecular flexibility index (Phi) is 7.60. The molecule has 2 N–H and O–H groups in total. The van der Waals surface area contributed by atoms with E-state index in [2.05, 4.69) is 13.0 Å². The van der Waals surface area contributed by atoms with Crippen LogP contribution in [-0.2, 0) is 0 Å². The van der Waals surface area contributed by atoms with Crippen molar-refractivity contribution in [3.05, 3.63) is 28.8 Å². The van der Waals surface area contributed by atoms with Gasteiger partial charge in [-0.1, -0.05) is 37.4 Å². The molecule has 2 nitrogen and oxygen atoms in total. The maximum absolute atomic E-state index is 6.24. The van der Waals surface area contributed by atoms with E-state index in [9.17, 15) is 0 Å². The first-order chi connectivity index (χ1) is 7.56. The molecule has 1 aromatic rings. The van der Waals surface area contributed by atoms with Crippen molar-refractivity contribution in [3.8, 4) is 0 Å². The summed E-state index contributed by atoms with van der Waals surface area (Å²) in [5.74, 6) is 0. The summed E-state index contributed by atoms with van der Waals surface area (Å²) >= 11 is 6.24. The third kappa shape index (κ3) is 4.74. The number of nitrogens with two attached hydrogens (primary N) is 1. The van der Waals surface area contributed by atoms with Crippen LogP contribution in [0.25, 0.3) is 0 Å². The predicted molar refractivity (Wildman–Crippen MR) is 79.5 cm³/mol. The van der Waals surface area contributed by atoms with Crippen LogP contribution < -0.4 is 10.6 Å². The van der Waals surface area contributed by atoms with Gasteiger partial charge in [-0.05, 0) is 24.1 Å². The zero-order valence-corrected chi connectivity index (χ0v) is 12.3. The van der Waals surface area contributed by atoms with Gasteiger partial charge in [-0.15, -0.1) is 12.4 Å². The quantitative estimate of drug-likeness (QED) is 0.880. The molecule has 0 fully saturated rings. The fraction of sp³-hybridized carbons (Fsp3) is 0.538. The van der Waals surface area contributed by atoms with Crippen molar-refractivity contribution in [2.75, 3.05) is 19.0 Å². The molecule has 0 spiro atoms. The van der Waals surface area contributed by atoms with E-state index >= 15 is 0 Å². The van der Waals surface area contributed by atoms with Gasteiger partial charge in [0.2, 0.25) is 0 Å². The van der Waals surface area contributed by atoms with Crippen molar-refractivity contribution < 1.29 is 0 Å². The normalized spacial score (nSPS) is 11.8. The average Bonchev–Trinajstić information content (AvgIpc) is 2.25. The van der Waals surface area contributed by atoms with E-state index in [1.165, 1.54) is 6.42 Å². The molecular weight excluding hydrogens is 255 g/mol. The van der Waals surface area contributed by atoms with Crippen LogP contribution in [-0.4, -0.2) is 14.1 Å². The zero-order chi connectivity index (χ0) is 12.1. The summed E-state index contributed by atoms with van der Waals surface area (Å²) in [5, 5.41) is 0.773. The fourth-order valence-corrected chi connectivity index (χ4v) is 1.99. The van der Waals surface area contributed by atoms with Gasteiger partial charge in [-0.3, -0.25) is 0 Å². The highest BCUT2D eigenvalue weighted by molar-refractivity contribution is 6.31. The highest BCUT2D eigenvalue weighted by Crippen LogP contribution is 2.28. The van der Waals surface area contributed by atoms with Gasteiger partial charge in [-0.25, -0.2) is 0 Å². The second kappa shape index (κ2) is 7.80. The minimum absolute atomic E-state index is 0. The Morgan fingerprint density at radius 1 is 1.35 bits per heavy atom. The molecule has 0 saturated heterocycles. The minimum atomic E-state index is 0. The number of unbranched alkanes of at least 4 members (excludes halogenated alkanes) is 1. The lowest BCUT2D eigenvalue weighted by Gasteiger charge is -2.17. The molecule has 0 bridgehead atoms. The molecule has 0 amide bonds. The van der Waals surface area contributed by atoms with Crippen molar-refractivity contribution in [1.29, 1.82) is 0 Å². The van der Waals surface area contributed by atoms with Gasteiger partial charge in [0.25, 0.3) is 0 Å². The van der Waals surface area contributed by atoms with Crippen molar-refractivity contribution in [2.24, 2.45) is 5.73 Å². The smallest absolute Gasteiger partial charge is 0.0474 e. The Balaban J connectivity index is 0.00000256. The molecule has 98 valence electrons. The molecule has 0 aromatic heterocycles. The highest BCUT2D eigenvalue weighted by Gasteiger charge is 2.10. The maximum atomic E-state index is 6.24. The molecule has 1 atom stereocenters. The Morgan fingerprint density at radius 3 is 2.47 bits per heavy atom. The first-order valence-electron chi connectivity index (χ1n) is 5.78. The van der Waals surface area contributed by atoms with Gasteiger partial charge in [0, 0.05) is 30.8 Å². The third-order valence-electron chi connectivity index (χ3n) is 2.77. The molecule has 1 aromatic carbocycles. The van der Waals surface area contributed by atoms with E-state index in [1.54, 1.807) is 0 Å². The average molecular weight is 277 g/mol. The van der Waals surface area contributed by atoms with Gasteiger partial charge < -0.3 is 10.6 Å². The van der Waals surface area contributed by atoms with Gasteiger partial charge in [0.05, 0.1) is 0 Å². The van der Waals surface area contributed by atoms with Crippen LogP contribution in [0, 0.1) is 0 Å². The summed E-state index contributed by atoms with van der Waals surface area (Å²) in [4.78, 5) is 2.03. The van der Waals surface area contributed by atoms with Crippen LogP contribution in [0.5, 0.6) is 0 Å². The first-order valence-corrected chi connectivity index (χ1v) is 6.16. The monoisotopic (exact) mass is 276 g/mol. The number of benzene rings is 1. The fourth-order valence-electron chi connectivity index (χ4n) is 1.67. The van der Waals surface area contributed by atoms with Crippen molar-refractivity contribution in [2.45, 2.75) is 32.2 Å². The van der Waals surface area contributed by atoms with Crippen LogP contribution in [0.2, 0.25) is 5.02 Å². The van der Waals surface area contributed by atoms with Crippen LogP contribution in [0.3, 0.4) is 0 Å². The Bertz CT molecular complexity index is 340. The highest BCUT2D eigenvalue weighted by atomic mass is 35.5. The molecule has 17 heavy (non-hydrogen) atoms. The lowest BCUT2D eigenvalue weighted by molar-refractivity contribution is 0.603. The third-order valence-corrected chi connectivity index (χ3v) is 3.10. The Hall–Kier alpha value is -0.440. The van der Waals surface area contributed by atoms with E-state index < -0.39 is 0 Å². The SMILES string of the molecule is CCCC[C@@H](N)c1ccc(N(C)C)cc1Cl.Cl. The van der Waals surface area contributed by atoms with Crippen LogP contribution in [0.1, 0.15) is 37.8 Å². The summed E-state index contributed by atoms with van der Waals surface area (Å²) in [6.07, 6.45) is 3.31. The second-order valence-corrected chi connectivity index (χ2v) is 4.76. The standard InChI is InChI=1S/C13H21ClN2.ClH/c1-4-5-6-13(15)11-8-7-10(16(2)3)9-12(11)14;/h7-9,13H,4-6,15H2,1-3H3;1H/t13-;/m1./s1. The van der Waals surface area contributed by atoms with Crippen molar-refractivity contribution >= 4 is 29.7 Å². The summed E-state index contributed by atoms with van der Waals surface area (Å²) < 4.78 is 0. The second-order valence-electron chi connectivity index (χ2n) is 4.35. The maximum Gasteiger partial charge on any atom is 0.0474 e. The molecule has 0 saturated carbocycles. The minimum Gasteiger partial charge on any atom is -0.378 e. The Labute approximate surface area is 116 Å². The number of halogens is 2. The summed E-state index contributed by atoms with van der Waals surface area (Å²) in [6.45, 7) is 2.17. The lowest BCUT2D eigenvalue weighted by Crippen LogP contribution is -2.12. The van der Waals surface area contributed by atoms with E-state index in [0.717, 1.165) is 29.1 Å². The molecule has 0 aliphatic carbocycles. The van der Waals surface area contributed by atoms with Gasteiger partial charge in [-0.2, -0.15) is 0 Å². The van der Waals surface area contributed by atoms with E-state index in [0.29, 0.717) is 0 Å². The Morgan fingerprint density at radius 2 is 2.00 bits per heavy atom. The van der Waals surface area contributed by atoms with Crippen LogP contribution in [0.4, 0.5) is 5.69 Å². The number of hydrogen-bond donors (Lipinski definition) is 1. The number of nitrogens with zero attached hydrogens (tertiary/aromatic N) is 1. The first kappa shape index (κ1) is 16.6. The van der Waals surface area contributed by atoms with Gasteiger partial charge in [0.15, 0.2) is 0 Å². The number of hydrogen-bond acceptors (Lipinski definition) is 2. The van der Waals surface area contributed by atoms with Crippen LogP contribution in [0.15, 0.2) is 18.2 Å². The lowest BCUT2D eigenvalue weighted by atomic mass is 10.0. The van der Waals surface area contributed by atoms with E-state index in [1.807, 2.05) is 31.1 Å². The van der Waals surface area contributed by atoms with Crippen molar-refractivity contribution in [3.63, 3.8) is 0 Å².